The predicted molar refractivity (Wildman–Crippen MR) is 379 cm³/mol. The fraction of sp³-hybridized carbons (Fsp3) is 0.182. The monoisotopic (exact) mass is 1190 g/mol. The third-order valence-corrected chi connectivity index (χ3v) is 21.9. The summed E-state index contributed by atoms with van der Waals surface area (Å²) in [5.41, 5.74) is 28.7. The number of hydrogen-bond donors (Lipinski definition) is 4. The first-order valence-electron chi connectivity index (χ1n) is 33.6. The summed E-state index contributed by atoms with van der Waals surface area (Å²) in [4.78, 5) is 0. The summed E-state index contributed by atoms with van der Waals surface area (Å²) in [5, 5.41) is 15.3. The molecule has 4 aliphatic heterocycles. The molecule has 4 nitrogen and oxygen atoms in total. The van der Waals surface area contributed by atoms with Crippen LogP contribution in [0.4, 0.5) is 22.7 Å². The topological polar surface area (TPSA) is 48.1 Å². The highest BCUT2D eigenvalue weighted by molar-refractivity contribution is 5.67. The molecule has 4 aliphatic carbocycles. The van der Waals surface area contributed by atoms with Crippen molar-refractivity contribution in [2.24, 2.45) is 23.7 Å². The molecule has 0 aromatic heterocycles. The molecule has 0 saturated heterocycles. The molecule has 92 heavy (non-hydrogen) atoms. The molecule has 0 saturated carbocycles. The van der Waals surface area contributed by atoms with Gasteiger partial charge in [0, 0.05) is 46.4 Å². The van der Waals surface area contributed by atoms with Gasteiger partial charge in [0.05, 0.1) is 24.2 Å². The van der Waals surface area contributed by atoms with Crippen LogP contribution >= 0.6 is 0 Å². The Morgan fingerprint density at radius 1 is 0.174 bits per heavy atom. The summed E-state index contributed by atoms with van der Waals surface area (Å²) in [6.45, 7) is 0. The third-order valence-electron chi connectivity index (χ3n) is 21.9. The maximum Gasteiger partial charge on any atom is 0.0554 e. The lowest BCUT2D eigenvalue weighted by Gasteiger charge is -2.38. The van der Waals surface area contributed by atoms with Gasteiger partial charge in [0.1, 0.15) is 0 Å². The van der Waals surface area contributed by atoms with Crippen molar-refractivity contribution < 1.29 is 0 Å². The summed E-state index contributed by atoms with van der Waals surface area (Å²) in [7, 11) is 0. The zero-order chi connectivity index (χ0) is 60.9. The number of para-hydroxylation sites is 4. The van der Waals surface area contributed by atoms with E-state index in [1.54, 1.807) is 0 Å². The van der Waals surface area contributed by atoms with E-state index in [1.165, 1.54) is 112 Å². The van der Waals surface area contributed by atoms with Gasteiger partial charge in [0.25, 0.3) is 0 Å². The van der Waals surface area contributed by atoms with E-state index in [-0.39, 0.29) is 0 Å². The molecule has 0 bridgehead atoms. The number of nitrogens with one attached hydrogen (secondary N) is 4. The first-order chi connectivity index (χ1) is 45.7. The Labute approximate surface area is 542 Å². The Morgan fingerprint density at radius 3 is 0.565 bits per heavy atom. The molecule has 0 unspecified atom stereocenters. The molecule has 4 heteroatoms. The van der Waals surface area contributed by atoms with Crippen LogP contribution in [0.1, 0.15) is 137 Å². The summed E-state index contributed by atoms with van der Waals surface area (Å²) in [6.07, 6.45) is 4.62. The fourth-order valence-electron chi connectivity index (χ4n) is 18.0. The highest BCUT2D eigenvalue weighted by atomic mass is 15.0. The quantitative estimate of drug-likeness (QED) is 0.142. The van der Waals surface area contributed by atoms with Gasteiger partial charge in [0.15, 0.2) is 0 Å². The van der Waals surface area contributed by atoms with Crippen molar-refractivity contribution in [2.45, 2.75) is 73.5 Å². The zero-order valence-electron chi connectivity index (χ0n) is 51.8. The maximum absolute atomic E-state index is 3.82. The van der Waals surface area contributed by atoms with Gasteiger partial charge in [-0.25, -0.2) is 0 Å². The van der Waals surface area contributed by atoms with E-state index < -0.39 is 0 Å². The van der Waals surface area contributed by atoms with Gasteiger partial charge in [-0.05, 0) is 163 Å². The average Bonchev–Trinajstić information content (AvgIpc) is 1.64. The second-order valence-electron chi connectivity index (χ2n) is 26.7. The molecule has 8 aliphatic rings. The van der Waals surface area contributed by atoms with Crippen molar-refractivity contribution in [3.05, 3.63) is 404 Å². The predicted octanol–water partition coefficient (Wildman–Crippen LogP) is 20.6. The smallest absolute Gasteiger partial charge is 0.0554 e. The second-order valence-corrected chi connectivity index (χ2v) is 26.7. The van der Waals surface area contributed by atoms with Crippen LogP contribution in [0.5, 0.6) is 0 Å². The van der Waals surface area contributed by atoms with E-state index >= 15 is 0 Å². The molecule has 0 spiro atoms. The largest absolute Gasteiger partial charge is 0.378 e. The Balaban J connectivity index is 0.0000000939. The van der Waals surface area contributed by atoms with Crippen LogP contribution in [0.15, 0.2) is 315 Å². The van der Waals surface area contributed by atoms with E-state index in [9.17, 15) is 0 Å². The first kappa shape index (κ1) is 55.9. The van der Waals surface area contributed by atoms with Gasteiger partial charge in [0.2, 0.25) is 0 Å². The van der Waals surface area contributed by atoms with Crippen molar-refractivity contribution >= 4 is 22.7 Å². The number of fused-ring (bicyclic) bond motifs is 20. The standard InChI is InChI=1S/4C22H19N/c4*1-2-8-15(9-3-1)22-19-14-16-10-4-5-11-17(16)21(19)18-12-6-7-13-20(18)23-22/h4*1-13,19,21-23H,14H2/t2*19-,21-,22+;2*19-,21-,22-/m1010/s1. The SMILES string of the molecule is c1ccc([C@@H]2Nc3ccccc3[C@@H]3c4ccccc4C[C@@H]32)cc1.c1ccc([C@@H]2Nc3ccccc3[C@H]3c4ccccc4C[C@H]32)cc1.c1ccc([C@H]2Nc3ccccc3[C@@H]3c4ccccc4C[C@@H]32)cc1.c1ccc([C@H]2Nc3ccccc3[C@H]3c4ccccc4C[C@H]32)cc1. The van der Waals surface area contributed by atoms with E-state index in [1.807, 2.05) is 0 Å². The normalized spacial score (nSPS) is 24.3. The minimum Gasteiger partial charge on any atom is -0.378 e. The van der Waals surface area contributed by atoms with Gasteiger partial charge in [-0.15, -0.1) is 0 Å². The molecule has 448 valence electrons. The highest BCUT2D eigenvalue weighted by Crippen LogP contribution is 2.58. The first-order valence-corrected chi connectivity index (χ1v) is 33.6. The minimum absolute atomic E-state index is 0.378. The zero-order valence-corrected chi connectivity index (χ0v) is 51.8. The van der Waals surface area contributed by atoms with Crippen molar-refractivity contribution in [3.63, 3.8) is 0 Å². The number of rotatable bonds is 4. The lowest BCUT2D eigenvalue weighted by Crippen LogP contribution is -2.30. The molecule has 12 aromatic rings. The average molecular weight is 1190 g/mol. The summed E-state index contributed by atoms with van der Waals surface area (Å²) < 4.78 is 0. The highest BCUT2D eigenvalue weighted by Gasteiger charge is 2.47. The van der Waals surface area contributed by atoms with Crippen molar-refractivity contribution in [1.82, 2.24) is 0 Å². The lowest BCUT2D eigenvalue weighted by atomic mass is 9.76. The number of anilines is 4. The summed E-state index contributed by atoms with van der Waals surface area (Å²) in [6, 6.07) is 116. The van der Waals surface area contributed by atoms with Crippen LogP contribution in [0.25, 0.3) is 0 Å². The van der Waals surface area contributed by atoms with Gasteiger partial charge in [-0.2, -0.15) is 0 Å². The minimum atomic E-state index is 0.378. The maximum atomic E-state index is 3.82. The van der Waals surface area contributed by atoms with E-state index in [4.69, 9.17) is 0 Å². The lowest BCUT2D eigenvalue weighted by molar-refractivity contribution is 0.421. The van der Waals surface area contributed by atoms with E-state index in [0.717, 1.165) is 25.7 Å². The Morgan fingerprint density at radius 2 is 0.348 bits per heavy atom. The van der Waals surface area contributed by atoms with Gasteiger partial charge in [-0.3, -0.25) is 0 Å². The molecular weight excluding hydrogens is 1110 g/mol. The molecule has 4 N–H and O–H groups in total. The van der Waals surface area contributed by atoms with Crippen LogP contribution < -0.4 is 21.3 Å². The van der Waals surface area contributed by atoms with E-state index in [2.05, 4.69) is 337 Å². The van der Waals surface area contributed by atoms with Crippen molar-refractivity contribution in [3.8, 4) is 0 Å². The van der Waals surface area contributed by atoms with Crippen LogP contribution in [0, 0.1) is 23.7 Å². The van der Waals surface area contributed by atoms with Gasteiger partial charge < -0.3 is 21.3 Å². The molecule has 0 fully saturated rings. The number of benzene rings is 12. The Hall–Kier alpha value is -10.2. The van der Waals surface area contributed by atoms with Gasteiger partial charge >= 0.3 is 0 Å². The molecule has 0 radical (unpaired) electrons. The van der Waals surface area contributed by atoms with Crippen LogP contribution in [-0.2, 0) is 25.7 Å². The van der Waals surface area contributed by atoms with Crippen LogP contribution in [-0.4, -0.2) is 0 Å². The Bertz CT molecular complexity index is 4000. The van der Waals surface area contributed by atoms with Crippen molar-refractivity contribution in [1.29, 1.82) is 0 Å². The van der Waals surface area contributed by atoms with Crippen LogP contribution in [0.2, 0.25) is 0 Å². The summed E-state index contributed by atoms with van der Waals surface area (Å²) in [5.74, 6) is 4.38. The second kappa shape index (κ2) is 24.2. The van der Waals surface area contributed by atoms with Crippen LogP contribution in [0.3, 0.4) is 0 Å². The van der Waals surface area contributed by atoms with Crippen molar-refractivity contribution in [2.75, 3.05) is 21.3 Å². The van der Waals surface area contributed by atoms with E-state index in [0.29, 0.717) is 71.5 Å². The third kappa shape index (κ3) is 10.1. The molecule has 20 rings (SSSR count). The molecule has 12 aromatic carbocycles. The number of hydrogen-bond acceptors (Lipinski definition) is 4. The fourth-order valence-corrected chi connectivity index (χ4v) is 18.0. The Kier molecular flexibility index (Phi) is 14.7. The van der Waals surface area contributed by atoms with Gasteiger partial charge in [-0.1, -0.05) is 291 Å². The molecule has 0 amide bonds. The summed E-state index contributed by atoms with van der Waals surface area (Å²) >= 11 is 0. The molecular formula is C88H76N4. The molecule has 4 heterocycles. The molecule has 12 atom stereocenters.